The van der Waals surface area contributed by atoms with E-state index in [1.807, 2.05) is 42.2 Å². The van der Waals surface area contributed by atoms with Gasteiger partial charge in [0.15, 0.2) is 0 Å². The largest absolute Gasteiger partial charge is 0.411 e. The molecule has 5 heteroatoms. The van der Waals surface area contributed by atoms with Crippen molar-refractivity contribution in [3.63, 3.8) is 0 Å². The summed E-state index contributed by atoms with van der Waals surface area (Å²) >= 11 is 0. The number of fused-ring (bicyclic) bond motifs is 1. The Bertz CT molecular complexity index is 632. The van der Waals surface area contributed by atoms with Gasteiger partial charge < -0.3 is 10.1 Å². The number of aryl methyl sites for hydroxylation is 1. The van der Waals surface area contributed by atoms with E-state index >= 15 is 0 Å². The molecule has 0 atom stereocenters. The Morgan fingerprint density at radius 3 is 2.90 bits per heavy atom. The molecule has 0 fully saturated rings. The summed E-state index contributed by atoms with van der Waals surface area (Å²) in [5, 5.41) is 17.1. The van der Waals surface area contributed by atoms with Crippen molar-refractivity contribution in [3.8, 4) is 0 Å². The van der Waals surface area contributed by atoms with Gasteiger partial charge in [-0.15, -0.1) is 0 Å². The van der Waals surface area contributed by atoms with Crippen molar-refractivity contribution in [3.05, 3.63) is 47.8 Å². The maximum Gasteiger partial charge on any atom is 0.0889 e. The van der Waals surface area contributed by atoms with Crippen LogP contribution in [0.5, 0.6) is 0 Å². The highest BCUT2D eigenvalue weighted by molar-refractivity contribution is 6.05. The average molecular weight is 270 g/mol. The Morgan fingerprint density at radius 1 is 1.30 bits per heavy atom. The summed E-state index contributed by atoms with van der Waals surface area (Å²) in [6.07, 6.45) is 3.73. The van der Waals surface area contributed by atoms with Gasteiger partial charge in [-0.1, -0.05) is 23.4 Å². The lowest BCUT2D eigenvalue weighted by atomic mass is 10.1. The van der Waals surface area contributed by atoms with Gasteiger partial charge in [-0.3, -0.25) is 4.68 Å². The Balaban J connectivity index is 1.95. The van der Waals surface area contributed by atoms with Gasteiger partial charge >= 0.3 is 0 Å². The highest BCUT2D eigenvalue weighted by Crippen LogP contribution is 2.27. The van der Waals surface area contributed by atoms with E-state index in [2.05, 4.69) is 21.2 Å². The van der Waals surface area contributed by atoms with Crippen molar-refractivity contribution in [2.24, 2.45) is 12.2 Å². The third kappa shape index (κ3) is 2.39. The first-order valence-electron chi connectivity index (χ1n) is 6.82. The van der Waals surface area contributed by atoms with Crippen LogP contribution in [-0.4, -0.2) is 27.2 Å². The first-order chi connectivity index (χ1) is 9.78. The molecule has 0 spiro atoms. The first kappa shape index (κ1) is 12.7. The maximum absolute atomic E-state index is 9.20. The number of anilines is 1. The van der Waals surface area contributed by atoms with Gasteiger partial charge in [0.25, 0.3) is 0 Å². The van der Waals surface area contributed by atoms with Gasteiger partial charge in [-0.2, -0.15) is 5.10 Å². The minimum absolute atomic E-state index is 0.768. The molecule has 0 radical (unpaired) electrons. The third-order valence-corrected chi connectivity index (χ3v) is 3.64. The lowest BCUT2D eigenvalue weighted by Crippen LogP contribution is -2.23. The van der Waals surface area contributed by atoms with Crippen molar-refractivity contribution >= 4 is 11.4 Å². The fraction of sp³-hybridized carbons (Fsp3) is 0.333. The van der Waals surface area contributed by atoms with Crippen LogP contribution in [-0.2, 0) is 13.6 Å². The summed E-state index contributed by atoms with van der Waals surface area (Å²) in [4.78, 5) is 2.30. The van der Waals surface area contributed by atoms with Crippen LogP contribution in [0.25, 0.3) is 0 Å². The molecule has 1 aliphatic rings. The molecule has 0 bridgehead atoms. The number of hydrogen-bond donors (Lipinski definition) is 1. The number of oxime groups is 1. The summed E-state index contributed by atoms with van der Waals surface area (Å²) in [7, 11) is 1.93. The van der Waals surface area contributed by atoms with Crippen molar-refractivity contribution in [2.45, 2.75) is 19.4 Å². The molecule has 1 aromatic heterocycles. The van der Waals surface area contributed by atoms with Crippen molar-refractivity contribution in [1.29, 1.82) is 0 Å². The Morgan fingerprint density at radius 2 is 2.15 bits per heavy atom. The van der Waals surface area contributed by atoms with E-state index in [-0.39, 0.29) is 0 Å². The molecular formula is C15H18N4O. The van der Waals surface area contributed by atoms with Gasteiger partial charge in [0.2, 0.25) is 0 Å². The van der Waals surface area contributed by atoms with Crippen LogP contribution in [0.15, 0.2) is 41.7 Å². The van der Waals surface area contributed by atoms with Crippen LogP contribution < -0.4 is 4.90 Å². The number of nitrogens with zero attached hydrogens (tertiary/aromatic N) is 4. The van der Waals surface area contributed by atoms with Crippen LogP contribution in [0.3, 0.4) is 0 Å². The smallest absolute Gasteiger partial charge is 0.0889 e. The second kappa shape index (κ2) is 5.36. The fourth-order valence-electron chi connectivity index (χ4n) is 2.70. The van der Waals surface area contributed by atoms with Gasteiger partial charge in [0, 0.05) is 31.0 Å². The predicted octanol–water partition coefficient (Wildman–Crippen LogP) is 2.40. The van der Waals surface area contributed by atoms with Crippen molar-refractivity contribution in [2.75, 3.05) is 11.4 Å². The molecule has 3 rings (SSSR count). The third-order valence-electron chi connectivity index (χ3n) is 3.64. The molecule has 1 aliphatic heterocycles. The van der Waals surface area contributed by atoms with E-state index in [9.17, 15) is 5.21 Å². The van der Waals surface area contributed by atoms with Crippen LogP contribution in [0.2, 0.25) is 0 Å². The van der Waals surface area contributed by atoms with Crippen LogP contribution in [0.4, 0.5) is 5.69 Å². The van der Waals surface area contributed by atoms with E-state index in [0.717, 1.165) is 48.6 Å². The molecule has 1 aromatic carbocycles. The van der Waals surface area contributed by atoms with E-state index in [1.165, 1.54) is 0 Å². The first-order valence-corrected chi connectivity index (χ1v) is 6.82. The minimum atomic E-state index is 0.768. The highest BCUT2D eigenvalue weighted by Gasteiger charge is 2.20. The molecule has 104 valence electrons. The molecule has 1 N–H and O–H groups in total. The normalized spacial score (nSPS) is 17.1. The standard InChI is InChI=1S/C15H18N4O/c1-18-10-8-12(16-18)11-19-9-4-6-14(17-20)13-5-2-3-7-15(13)19/h2-3,5,7-8,10,20H,4,6,9,11H2,1H3/b17-14-. The maximum atomic E-state index is 9.20. The summed E-state index contributed by atoms with van der Waals surface area (Å²) in [5.74, 6) is 0. The lowest BCUT2D eigenvalue weighted by molar-refractivity contribution is 0.318. The number of benzene rings is 1. The Hall–Kier alpha value is -2.30. The van der Waals surface area contributed by atoms with E-state index in [4.69, 9.17) is 0 Å². The van der Waals surface area contributed by atoms with Crippen LogP contribution in [0.1, 0.15) is 24.1 Å². The number of rotatable bonds is 2. The molecule has 2 aromatic rings. The van der Waals surface area contributed by atoms with Crippen LogP contribution >= 0.6 is 0 Å². The number of hydrogen-bond acceptors (Lipinski definition) is 4. The predicted molar refractivity (Wildman–Crippen MR) is 78.3 cm³/mol. The number of para-hydroxylation sites is 1. The van der Waals surface area contributed by atoms with Crippen LogP contribution in [0, 0.1) is 0 Å². The zero-order chi connectivity index (χ0) is 13.9. The molecule has 0 unspecified atom stereocenters. The van der Waals surface area contributed by atoms with Gasteiger partial charge in [0.1, 0.15) is 0 Å². The quantitative estimate of drug-likeness (QED) is 0.673. The highest BCUT2D eigenvalue weighted by atomic mass is 16.4. The monoisotopic (exact) mass is 270 g/mol. The molecular weight excluding hydrogens is 252 g/mol. The SMILES string of the molecule is Cn1ccc(CN2CCC/C(=N/O)c3ccccc32)n1. The molecule has 2 heterocycles. The fourth-order valence-corrected chi connectivity index (χ4v) is 2.70. The van der Waals surface area contributed by atoms with Crippen molar-refractivity contribution < 1.29 is 5.21 Å². The lowest BCUT2D eigenvalue weighted by Gasteiger charge is -2.23. The summed E-state index contributed by atoms with van der Waals surface area (Å²) < 4.78 is 1.82. The Kier molecular flexibility index (Phi) is 3.41. The number of aromatic nitrogens is 2. The summed E-state index contributed by atoms with van der Waals surface area (Å²) in [5.41, 5.74) is 3.95. The zero-order valence-corrected chi connectivity index (χ0v) is 11.5. The molecule has 0 saturated carbocycles. The molecule has 5 nitrogen and oxygen atoms in total. The molecule has 0 amide bonds. The van der Waals surface area contributed by atoms with Gasteiger partial charge in [-0.25, -0.2) is 0 Å². The summed E-state index contributed by atoms with van der Waals surface area (Å²) in [6, 6.07) is 10.1. The average Bonchev–Trinajstić information content (AvgIpc) is 2.79. The molecule has 0 aliphatic carbocycles. The van der Waals surface area contributed by atoms with Gasteiger partial charge in [-0.05, 0) is 25.0 Å². The second-order valence-electron chi connectivity index (χ2n) is 5.07. The van der Waals surface area contributed by atoms with Gasteiger partial charge in [0.05, 0.1) is 18.0 Å². The topological polar surface area (TPSA) is 53.7 Å². The molecule has 20 heavy (non-hydrogen) atoms. The van der Waals surface area contributed by atoms with E-state index in [0.29, 0.717) is 0 Å². The zero-order valence-electron chi connectivity index (χ0n) is 11.5. The summed E-state index contributed by atoms with van der Waals surface area (Å²) in [6.45, 7) is 1.71. The molecule has 0 saturated heterocycles. The van der Waals surface area contributed by atoms with Crippen molar-refractivity contribution in [1.82, 2.24) is 9.78 Å². The second-order valence-corrected chi connectivity index (χ2v) is 5.07. The minimum Gasteiger partial charge on any atom is -0.411 e. The van der Waals surface area contributed by atoms with E-state index in [1.54, 1.807) is 0 Å². The Labute approximate surface area is 118 Å². The van der Waals surface area contributed by atoms with E-state index < -0.39 is 0 Å².